The fourth-order valence-corrected chi connectivity index (χ4v) is 0.933. The van der Waals surface area contributed by atoms with Crippen LogP contribution in [-0.2, 0) is 9.47 Å². The Labute approximate surface area is 74.9 Å². The van der Waals surface area contributed by atoms with Crippen LogP contribution in [0.15, 0.2) is 23.8 Å². The number of methoxy groups -OCH3 is 2. The monoisotopic (exact) mass is 170 g/mol. The molecule has 0 amide bonds. The Balaban J connectivity index is 4.23. The quantitative estimate of drug-likeness (QED) is 0.466. The van der Waals surface area contributed by atoms with Gasteiger partial charge in [-0.2, -0.15) is 0 Å². The molecule has 0 aliphatic rings. The topological polar surface area (TPSA) is 18.5 Å². The van der Waals surface area contributed by atoms with E-state index in [2.05, 4.69) is 13.0 Å². The van der Waals surface area contributed by atoms with Crippen molar-refractivity contribution in [1.82, 2.24) is 0 Å². The first-order valence-electron chi connectivity index (χ1n) is 4.18. The highest BCUT2D eigenvalue weighted by molar-refractivity contribution is 5.20. The minimum atomic E-state index is -0.238. The van der Waals surface area contributed by atoms with Crippen LogP contribution < -0.4 is 0 Å². The molecule has 0 saturated carbocycles. The number of ether oxygens (including phenoxy) is 2. The van der Waals surface area contributed by atoms with Crippen LogP contribution in [0.5, 0.6) is 0 Å². The molecule has 0 saturated heterocycles. The predicted octanol–water partition coefficient (Wildman–Crippen LogP) is 2.52. The minimum Gasteiger partial charge on any atom is -0.352 e. The maximum atomic E-state index is 5.11. The molecule has 0 rings (SSSR count). The van der Waals surface area contributed by atoms with Crippen molar-refractivity contribution in [3.63, 3.8) is 0 Å². The smallest absolute Gasteiger partial charge is 0.182 e. The molecule has 0 atom stereocenters. The molecule has 0 spiro atoms. The Hall–Kier alpha value is -0.600. The minimum absolute atomic E-state index is 0.238. The fraction of sp³-hybridized carbons (Fsp3) is 0.600. The molecule has 0 aromatic rings. The summed E-state index contributed by atoms with van der Waals surface area (Å²) in [6, 6.07) is 0. The van der Waals surface area contributed by atoms with Gasteiger partial charge >= 0.3 is 0 Å². The van der Waals surface area contributed by atoms with E-state index in [0.29, 0.717) is 0 Å². The summed E-state index contributed by atoms with van der Waals surface area (Å²) < 4.78 is 10.2. The lowest BCUT2D eigenvalue weighted by Gasteiger charge is -2.13. The second-order valence-corrected chi connectivity index (χ2v) is 2.40. The lowest BCUT2D eigenvalue weighted by molar-refractivity contribution is -0.0725. The van der Waals surface area contributed by atoms with Gasteiger partial charge in [0.2, 0.25) is 0 Å². The summed E-state index contributed by atoms with van der Waals surface area (Å²) in [5, 5.41) is 0. The Morgan fingerprint density at radius 3 is 2.25 bits per heavy atom. The van der Waals surface area contributed by atoms with Crippen molar-refractivity contribution in [3.05, 3.63) is 23.8 Å². The predicted molar refractivity (Wildman–Crippen MR) is 51.0 cm³/mol. The molecule has 0 aliphatic heterocycles. The van der Waals surface area contributed by atoms with Gasteiger partial charge in [-0.25, -0.2) is 0 Å². The van der Waals surface area contributed by atoms with Crippen LogP contribution in [0.25, 0.3) is 0 Å². The van der Waals surface area contributed by atoms with Gasteiger partial charge in [-0.1, -0.05) is 25.2 Å². The van der Waals surface area contributed by atoms with Gasteiger partial charge in [0.1, 0.15) is 0 Å². The number of rotatable bonds is 5. The Morgan fingerprint density at radius 1 is 1.33 bits per heavy atom. The largest absolute Gasteiger partial charge is 0.352 e. The summed E-state index contributed by atoms with van der Waals surface area (Å²) in [4.78, 5) is 0. The van der Waals surface area contributed by atoms with Crippen LogP contribution in [0, 0.1) is 0 Å². The first-order chi connectivity index (χ1) is 5.79. The number of allylic oxidation sites excluding steroid dienone is 2. The highest BCUT2D eigenvalue weighted by Gasteiger charge is 2.07. The van der Waals surface area contributed by atoms with Gasteiger partial charge in [0, 0.05) is 19.8 Å². The summed E-state index contributed by atoms with van der Waals surface area (Å²) in [6.45, 7) is 4.07. The fourth-order valence-electron chi connectivity index (χ4n) is 0.933. The third-order valence-electron chi connectivity index (χ3n) is 1.58. The van der Waals surface area contributed by atoms with Crippen molar-refractivity contribution in [2.75, 3.05) is 14.2 Å². The van der Waals surface area contributed by atoms with E-state index in [-0.39, 0.29) is 6.29 Å². The van der Waals surface area contributed by atoms with Crippen LogP contribution in [0.1, 0.15) is 20.3 Å². The van der Waals surface area contributed by atoms with Crippen LogP contribution in [-0.4, -0.2) is 20.5 Å². The lowest BCUT2D eigenvalue weighted by Crippen LogP contribution is -2.14. The van der Waals surface area contributed by atoms with E-state index < -0.39 is 0 Å². The lowest BCUT2D eigenvalue weighted by atomic mass is 10.2. The van der Waals surface area contributed by atoms with E-state index in [9.17, 15) is 0 Å². The van der Waals surface area contributed by atoms with E-state index >= 15 is 0 Å². The van der Waals surface area contributed by atoms with E-state index in [4.69, 9.17) is 9.47 Å². The summed E-state index contributed by atoms with van der Waals surface area (Å²) in [7, 11) is 3.27. The van der Waals surface area contributed by atoms with E-state index in [0.717, 1.165) is 12.0 Å². The second-order valence-electron chi connectivity index (χ2n) is 2.40. The molecule has 0 unspecified atom stereocenters. The molecule has 70 valence electrons. The normalized spacial score (nSPS) is 13.2. The average molecular weight is 170 g/mol. The van der Waals surface area contributed by atoms with E-state index in [1.165, 1.54) is 0 Å². The third-order valence-corrected chi connectivity index (χ3v) is 1.58. The van der Waals surface area contributed by atoms with Gasteiger partial charge in [-0.15, -0.1) is 0 Å². The van der Waals surface area contributed by atoms with E-state index in [1.807, 2.05) is 19.1 Å². The first-order valence-corrected chi connectivity index (χ1v) is 4.18. The van der Waals surface area contributed by atoms with Gasteiger partial charge in [0.15, 0.2) is 6.29 Å². The SMILES string of the molecule is C/C=C(\C=C\CC)C(OC)OC. The molecule has 0 N–H and O–H groups in total. The Kier molecular flexibility index (Phi) is 6.72. The van der Waals surface area contributed by atoms with Crippen molar-refractivity contribution in [2.45, 2.75) is 26.6 Å². The van der Waals surface area contributed by atoms with Crippen LogP contribution in [0.4, 0.5) is 0 Å². The van der Waals surface area contributed by atoms with E-state index in [1.54, 1.807) is 14.2 Å². The van der Waals surface area contributed by atoms with Crippen LogP contribution >= 0.6 is 0 Å². The summed E-state index contributed by atoms with van der Waals surface area (Å²) in [6.07, 6.45) is 6.89. The second kappa shape index (κ2) is 7.07. The van der Waals surface area contributed by atoms with Crippen molar-refractivity contribution >= 4 is 0 Å². The Morgan fingerprint density at radius 2 is 1.92 bits per heavy atom. The molecule has 0 fully saturated rings. The zero-order chi connectivity index (χ0) is 9.40. The molecule has 0 radical (unpaired) electrons. The first kappa shape index (κ1) is 11.4. The van der Waals surface area contributed by atoms with Gasteiger partial charge in [-0.3, -0.25) is 0 Å². The molecular weight excluding hydrogens is 152 g/mol. The Bertz CT molecular complexity index is 155. The third kappa shape index (κ3) is 3.69. The van der Waals surface area contributed by atoms with Crippen molar-refractivity contribution < 1.29 is 9.47 Å². The molecule has 0 aliphatic carbocycles. The average Bonchev–Trinajstić information content (AvgIpc) is 2.12. The number of hydrogen-bond donors (Lipinski definition) is 0. The highest BCUT2D eigenvalue weighted by Crippen LogP contribution is 2.08. The zero-order valence-corrected chi connectivity index (χ0v) is 8.33. The van der Waals surface area contributed by atoms with Gasteiger partial charge < -0.3 is 9.47 Å². The molecule has 2 nitrogen and oxygen atoms in total. The summed E-state index contributed by atoms with van der Waals surface area (Å²) in [5.74, 6) is 0. The zero-order valence-electron chi connectivity index (χ0n) is 8.33. The van der Waals surface area contributed by atoms with Crippen LogP contribution in [0.3, 0.4) is 0 Å². The molecule has 12 heavy (non-hydrogen) atoms. The van der Waals surface area contributed by atoms with Crippen molar-refractivity contribution in [1.29, 1.82) is 0 Å². The maximum absolute atomic E-state index is 5.11. The summed E-state index contributed by atoms with van der Waals surface area (Å²) in [5.41, 5.74) is 1.06. The standard InChI is InChI=1S/C10H18O2/c1-5-7-8-9(6-2)10(11-3)12-4/h6-8,10H,5H2,1-4H3/b8-7+,9-6+. The molecule has 2 heteroatoms. The maximum Gasteiger partial charge on any atom is 0.182 e. The molecule has 0 heterocycles. The highest BCUT2D eigenvalue weighted by atomic mass is 16.7. The number of hydrogen-bond acceptors (Lipinski definition) is 2. The van der Waals surface area contributed by atoms with Crippen LogP contribution in [0.2, 0.25) is 0 Å². The molecular formula is C10H18O2. The van der Waals surface area contributed by atoms with Gasteiger partial charge in [-0.05, 0) is 13.3 Å². The van der Waals surface area contributed by atoms with Crippen molar-refractivity contribution in [2.24, 2.45) is 0 Å². The summed E-state index contributed by atoms with van der Waals surface area (Å²) >= 11 is 0. The van der Waals surface area contributed by atoms with Gasteiger partial charge in [0.25, 0.3) is 0 Å². The molecule has 0 aromatic carbocycles. The van der Waals surface area contributed by atoms with Crippen molar-refractivity contribution in [3.8, 4) is 0 Å². The molecule has 0 aromatic heterocycles. The van der Waals surface area contributed by atoms with Gasteiger partial charge in [0.05, 0.1) is 0 Å². The molecule has 0 bridgehead atoms.